The standard InChI is InChI=1S/C12H20N2O3S2/c1-3-7-14(8-9-15)19(16,17)12-6-5-11(18-12)10-13-4-2/h3,5-6,13,15H,1,4,7-10H2,2H3. The first-order chi connectivity index (χ1) is 9.06. The molecule has 5 nitrogen and oxygen atoms in total. The smallest absolute Gasteiger partial charge is 0.252 e. The van der Waals surface area contributed by atoms with Crippen molar-refractivity contribution >= 4 is 21.4 Å². The van der Waals surface area contributed by atoms with E-state index < -0.39 is 10.0 Å². The molecule has 0 unspecified atom stereocenters. The lowest BCUT2D eigenvalue weighted by molar-refractivity contribution is 0.260. The molecule has 0 saturated carbocycles. The van der Waals surface area contributed by atoms with Crippen LogP contribution < -0.4 is 5.32 Å². The van der Waals surface area contributed by atoms with Gasteiger partial charge in [0.25, 0.3) is 10.0 Å². The Morgan fingerprint density at radius 3 is 2.84 bits per heavy atom. The second-order valence-electron chi connectivity index (χ2n) is 3.88. The monoisotopic (exact) mass is 304 g/mol. The average Bonchev–Trinajstić information content (AvgIpc) is 2.85. The van der Waals surface area contributed by atoms with Crippen molar-refractivity contribution in [3.63, 3.8) is 0 Å². The van der Waals surface area contributed by atoms with Gasteiger partial charge in [-0.15, -0.1) is 17.9 Å². The Kier molecular flexibility index (Phi) is 6.67. The maximum Gasteiger partial charge on any atom is 0.252 e. The van der Waals surface area contributed by atoms with Gasteiger partial charge in [0.1, 0.15) is 4.21 Å². The van der Waals surface area contributed by atoms with Gasteiger partial charge in [0.05, 0.1) is 6.61 Å². The molecule has 2 N–H and O–H groups in total. The highest BCUT2D eigenvalue weighted by Crippen LogP contribution is 2.24. The Morgan fingerprint density at radius 1 is 1.53 bits per heavy atom. The zero-order valence-corrected chi connectivity index (χ0v) is 12.6. The van der Waals surface area contributed by atoms with Crippen LogP contribution in [0.2, 0.25) is 0 Å². The molecule has 0 aliphatic carbocycles. The van der Waals surface area contributed by atoms with Gasteiger partial charge in [0.15, 0.2) is 0 Å². The van der Waals surface area contributed by atoms with Gasteiger partial charge in [-0.2, -0.15) is 4.31 Å². The predicted octanol–water partition coefficient (Wildman–Crippen LogP) is 1.03. The zero-order valence-electron chi connectivity index (χ0n) is 11.0. The van der Waals surface area contributed by atoms with Crippen LogP contribution in [-0.4, -0.2) is 44.1 Å². The number of aliphatic hydroxyl groups is 1. The molecule has 7 heteroatoms. The van der Waals surface area contributed by atoms with Gasteiger partial charge in [-0.1, -0.05) is 13.0 Å². The van der Waals surface area contributed by atoms with Crippen LogP contribution in [0.4, 0.5) is 0 Å². The second kappa shape index (κ2) is 7.76. The number of nitrogens with one attached hydrogen (secondary N) is 1. The van der Waals surface area contributed by atoms with Crippen LogP contribution in [0.3, 0.4) is 0 Å². The number of rotatable bonds is 9. The van der Waals surface area contributed by atoms with Gasteiger partial charge < -0.3 is 10.4 Å². The third-order valence-electron chi connectivity index (χ3n) is 2.46. The molecule has 0 radical (unpaired) electrons. The number of thiophene rings is 1. The molecule has 0 aliphatic heterocycles. The van der Waals surface area contributed by atoms with Crippen molar-refractivity contribution in [3.8, 4) is 0 Å². The van der Waals surface area contributed by atoms with Crippen LogP contribution in [-0.2, 0) is 16.6 Å². The summed E-state index contributed by atoms with van der Waals surface area (Å²) in [6.45, 7) is 7.12. The summed E-state index contributed by atoms with van der Waals surface area (Å²) in [5.41, 5.74) is 0. The van der Waals surface area contributed by atoms with E-state index in [1.165, 1.54) is 21.7 Å². The summed E-state index contributed by atoms with van der Waals surface area (Å²) < 4.78 is 26.2. The summed E-state index contributed by atoms with van der Waals surface area (Å²) in [4.78, 5) is 0.975. The fourth-order valence-electron chi connectivity index (χ4n) is 1.53. The molecular weight excluding hydrogens is 284 g/mol. The number of hydrogen-bond donors (Lipinski definition) is 2. The van der Waals surface area contributed by atoms with Gasteiger partial charge in [0, 0.05) is 24.5 Å². The fourth-order valence-corrected chi connectivity index (χ4v) is 4.41. The van der Waals surface area contributed by atoms with Crippen LogP contribution in [0, 0.1) is 0 Å². The van der Waals surface area contributed by atoms with Crippen LogP contribution in [0.15, 0.2) is 29.0 Å². The lowest BCUT2D eigenvalue weighted by Crippen LogP contribution is -2.33. The zero-order chi connectivity index (χ0) is 14.3. The minimum Gasteiger partial charge on any atom is -0.395 e. The molecule has 19 heavy (non-hydrogen) atoms. The molecule has 0 bridgehead atoms. The molecular formula is C12H20N2O3S2. The van der Waals surface area contributed by atoms with E-state index in [9.17, 15) is 8.42 Å². The van der Waals surface area contributed by atoms with Gasteiger partial charge in [-0.3, -0.25) is 0 Å². The van der Waals surface area contributed by atoms with Gasteiger partial charge in [-0.25, -0.2) is 8.42 Å². The van der Waals surface area contributed by atoms with E-state index >= 15 is 0 Å². The molecule has 108 valence electrons. The number of aliphatic hydroxyl groups excluding tert-OH is 1. The van der Waals surface area contributed by atoms with Gasteiger partial charge in [0.2, 0.25) is 0 Å². The van der Waals surface area contributed by atoms with E-state index in [-0.39, 0.29) is 19.7 Å². The first kappa shape index (κ1) is 16.3. The molecule has 1 rings (SSSR count). The van der Waals surface area contributed by atoms with Crippen molar-refractivity contribution < 1.29 is 13.5 Å². The summed E-state index contributed by atoms with van der Waals surface area (Å²) >= 11 is 1.25. The summed E-state index contributed by atoms with van der Waals surface area (Å²) in [6.07, 6.45) is 1.51. The van der Waals surface area contributed by atoms with E-state index in [2.05, 4.69) is 11.9 Å². The number of sulfonamides is 1. The Labute approximate surface area is 118 Å². The molecule has 0 spiro atoms. The highest BCUT2D eigenvalue weighted by Gasteiger charge is 2.24. The van der Waals surface area contributed by atoms with E-state index in [4.69, 9.17) is 5.11 Å². The van der Waals surface area contributed by atoms with Crippen LogP contribution in [0.1, 0.15) is 11.8 Å². The van der Waals surface area contributed by atoms with Crippen molar-refractivity contribution in [3.05, 3.63) is 29.7 Å². The summed E-state index contributed by atoms with van der Waals surface area (Å²) in [5.74, 6) is 0. The van der Waals surface area contributed by atoms with Crippen LogP contribution in [0.25, 0.3) is 0 Å². The molecule has 0 aromatic carbocycles. The van der Waals surface area contributed by atoms with Crippen molar-refractivity contribution in [1.82, 2.24) is 9.62 Å². The van der Waals surface area contributed by atoms with Crippen molar-refractivity contribution in [2.24, 2.45) is 0 Å². The Morgan fingerprint density at radius 2 is 2.26 bits per heavy atom. The molecule has 1 heterocycles. The van der Waals surface area contributed by atoms with Crippen molar-refractivity contribution in [1.29, 1.82) is 0 Å². The highest BCUT2D eigenvalue weighted by molar-refractivity contribution is 7.91. The molecule has 0 fully saturated rings. The van der Waals surface area contributed by atoms with Gasteiger partial charge in [-0.05, 0) is 18.7 Å². The largest absolute Gasteiger partial charge is 0.395 e. The summed E-state index contributed by atoms with van der Waals surface area (Å²) in [6, 6.07) is 3.42. The molecule has 1 aromatic rings. The highest BCUT2D eigenvalue weighted by atomic mass is 32.2. The lowest BCUT2D eigenvalue weighted by Gasteiger charge is -2.18. The second-order valence-corrected chi connectivity index (χ2v) is 7.21. The van der Waals surface area contributed by atoms with Crippen molar-refractivity contribution in [2.45, 2.75) is 17.7 Å². The minimum absolute atomic E-state index is 0.0782. The van der Waals surface area contributed by atoms with E-state index in [1.54, 1.807) is 6.07 Å². The normalized spacial score (nSPS) is 11.9. The van der Waals surface area contributed by atoms with E-state index in [0.29, 0.717) is 10.8 Å². The maximum atomic E-state index is 12.4. The molecule has 1 aromatic heterocycles. The predicted molar refractivity (Wildman–Crippen MR) is 77.7 cm³/mol. The van der Waals surface area contributed by atoms with Crippen molar-refractivity contribution in [2.75, 3.05) is 26.2 Å². The third kappa shape index (κ3) is 4.39. The average molecular weight is 304 g/mol. The van der Waals surface area contributed by atoms with Gasteiger partial charge >= 0.3 is 0 Å². The fraction of sp³-hybridized carbons (Fsp3) is 0.500. The third-order valence-corrected chi connectivity index (χ3v) is 5.88. The minimum atomic E-state index is -3.54. The number of hydrogen-bond acceptors (Lipinski definition) is 5. The van der Waals surface area contributed by atoms with Crippen LogP contribution >= 0.6 is 11.3 Å². The lowest BCUT2D eigenvalue weighted by atomic mass is 10.4. The summed E-state index contributed by atoms with van der Waals surface area (Å²) in [5, 5.41) is 12.1. The first-order valence-electron chi connectivity index (χ1n) is 6.07. The van der Waals surface area contributed by atoms with E-state index in [1.807, 2.05) is 13.0 Å². The van der Waals surface area contributed by atoms with E-state index in [0.717, 1.165) is 11.4 Å². The molecule has 0 atom stereocenters. The van der Waals surface area contributed by atoms with Crippen LogP contribution in [0.5, 0.6) is 0 Å². The maximum absolute atomic E-state index is 12.4. The SMILES string of the molecule is C=CCN(CCO)S(=O)(=O)c1ccc(CNCC)s1. The molecule has 0 aliphatic rings. The Bertz CT molecular complexity index is 497. The molecule has 0 amide bonds. The quantitative estimate of drug-likeness (QED) is 0.669. The Balaban J connectivity index is 2.90. The summed E-state index contributed by atoms with van der Waals surface area (Å²) in [7, 11) is -3.54. The number of nitrogens with zero attached hydrogens (tertiary/aromatic N) is 1. The topological polar surface area (TPSA) is 69.6 Å². The Hall–Kier alpha value is -0.730. The molecule has 0 saturated heterocycles. The first-order valence-corrected chi connectivity index (χ1v) is 8.33.